The average Bonchev–Trinajstić information content (AvgIpc) is 2.66. The van der Waals surface area contributed by atoms with Gasteiger partial charge in [-0.15, -0.1) is 0 Å². The van der Waals surface area contributed by atoms with Crippen molar-refractivity contribution in [3.63, 3.8) is 0 Å². The minimum atomic E-state index is -0.506. The molecular weight excluding hydrogens is 392 g/mol. The van der Waals surface area contributed by atoms with Gasteiger partial charge >= 0.3 is 0 Å². The van der Waals surface area contributed by atoms with Gasteiger partial charge in [-0.1, -0.05) is 32.0 Å². The van der Waals surface area contributed by atoms with Gasteiger partial charge in [0.05, 0.1) is 4.92 Å². The summed E-state index contributed by atoms with van der Waals surface area (Å²) >= 11 is 5.12. The zero-order chi connectivity index (χ0) is 21.4. The molecule has 0 aliphatic carbocycles. The number of hydrogen-bond donors (Lipinski definition) is 3. The van der Waals surface area contributed by atoms with E-state index in [9.17, 15) is 19.7 Å². The van der Waals surface area contributed by atoms with Crippen LogP contribution >= 0.6 is 12.2 Å². The van der Waals surface area contributed by atoms with E-state index in [0.29, 0.717) is 16.9 Å². The van der Waals surface area contributed by atoms with Gasteiger partial charge in [0.2, 0.25) is 11.8 Å². The highest BCUT2D eigenvalue weighted by molar-refractivity contribution is 7.80. The van der Waals surface area contributed by atoms with Gasteiger partial charge in [-0.2, -0.15) is 0 Å². The Bertz CT molecular complexity index is 972. The van der Waals surface area contributed by atoms with E-state index in [0.717, 1.165) is 0 Å². The van der Waals surface area contributed by atoms with Crippen molar-refractivity contribution in [3.8, 4) is 0 Å². The Morgan fingerprint density at radius 1 is 1.07 bits per heavy atom. The largest absolute Gasteiger partial charge is 0.332 e. The zero-order valence-corrected chi connectivity index (χ0v) is 16.7. The third-order valence-corrected chi connectivity index (χ3v) is 3.86. The van der Waals surface area contributed by atoms with Crippen molar-refractivity contribution in [3.05, 3.63) is 70.3 Å². The van der Waals surface area contributed by atoms with Crippen molar-refractivity contribution >= 4 is 52.3 Å². The number of nitro groups is 1. The maximum absolute atomic E-state index is 12.0. The number of non-ortho nitro benzene ring substituents is 1. The van der Waals surface area contributed by atoms with E-state index in [-0.39, 0.29) is 22.6 Å². The summed E-state index contributed by atoms with van der Waals surface area (Å²) in [5.74, 6) is -0.743. The maximum Gasteiger partial charge on any atom is 0.270 e. The molecule has 8 nitrogen and oxygen atoms in total. The zero-order valence-electron chi connectivity index (χ0n) is 15.8. The molecule has 0 spiro atoms. The van der Waals surface area contributed by atoms with Gasteiger partial charge in [0.15, 0.2) is 5.11 Å². The topological polar surface area (TPSA) is 113 Å². The van der Waals surface area contributed by atoms with Crippen molar-refractivity contribution in [1.29, 1.82) is 0 Å². The van der Waals surface area contributed by atoms with E-state index in [1.54, 1.807) is 44.2 Å². The number of anilines is 2. The van der Waals surface area contributed by atoms with Crippen LogP contribution in [0.1, 0.15) is 19.4 Å². The van der Waals surface area contributed by atoms with Gasteiger partial charge in [-0.05, 0) is 42.1 Å². The van der Waals surface area contributed by atoms with E-state index in [1.807, 2.05) is 0 Å². The summed E-state index contributed by atoms with van der Waals surface area (Å²) in [4.78, 5) is 34.1. The van der Waals surface area contributed by atoms with Crippen molar-refractivity contribution in [2.75, 3.05) is 10.6 Å². The summed E-state index contributed by atoms with van der Waals surface area (Å²) in [6.45, 7) is 3.59. The molecular formula is C20H20N4O4S. The third kappa shape index (κ3) is 7.15. The Hall–Kier alpha value is -3.59. The van der Waals surface area contributed by atoms with Crippen LogP contribution in [0.4, 0.5) is 17.1 Å². The smallest absolute Gasteiger partial charge is 0.270 e. The van der Waals surface area contributed by atoms with Crippen LogP contribution in [0.15, 0.2) is 54.6 Å². The van der Waals surface area contributed by atoms with Crippen LogP contribution in [0.25, 0.3) is 6.08 Å². The van der Waals surface area contributed by atoms with Gasteiger partial charge < -0.3 is 10.6 Å². The Balaban J connectivity index is 1.93. The highest BCUT2D eigenvalue weighted by atomic mass is 32.1. The predicted octanol–water partition coefficient (Wildman–Crippen LogP) is 3.72. The second-order valence-electron chi connectivity index (χ2n) is 6.35. The monoisotopic (exact) mass is 412 g/mol. The summed E-state index contributed by atoms with van der Waals surface area (Å²) in [6.07, 6.45) is 2.68. The van der Waals surface area contributed by atoms with E-state index < -0.39 is 10.8 Å². The lowest BCUT2D eigenvalue weighted by Crippen LogP contribution is -2.32. The highest BCUT2D eigenvalue weighted by Crippen LogP contribution is 2.16. The molecule has 0 saturated carbocycles. The summed E-state index contributed by atoms with van der Waals surface area (Å²) in [5.41, 5.74) is 1.66. The number of rotatable bonds is 6. The number of benzene rings is 2. The molecule has 0 radical (unpaired) electrons. The number of nitrogens with one attached hydrogen (secondary N) is 3. The molecule has 0 aromatic heterocycles. The fraction of sp³-hybridized carbons (Fsp3) is 0.150. The molecule has 0 aliphatic rings. The first-order valence-corrected chi connectivity index (χ1v) is 9.11. The summed E-state index contributed by atoms with van der Waals surface area (Å²) in [6, 6.07) is 12.8. The van der Waals surface area contributed by atoms with E-state index in [1.165, 1.54) is 30.4 Å². The van der Waals surface area contributed by atoms with Crippen LogP contribution in [0, 0.1) is 16.0 Å². The van der Waals surface area contributed by atoms with E-state index in [4.69, 9.17) is 12.2 Å². The molecule has 0 heterocycles. The number of amides is 2. The molecule has 2 rings (SSSR count). The summed E-state index contributed by atoms with van der Waals surface area (Å²) in [7, 11) is 0. The molecule has 0 fully saturated rings. The minimum Gasteiger partial charge on any atom is -0.332 e. The Kier molecular flexibility index (Phi) is 7.55. The SMILES string of the molecule is CC(C)C(=O)Nc1cccc(NC(=S)NC(=O)C=Cc2cccc([N+](=O)[O-])c2)c1. The molecule has 0 atom stereocenters. The summed E-state index contributed by atoms with van der Waals surface area (Å²) in [5, 5.41) is 19.0. The number of hydrogen-bond acceptors (Lipinski definition) is 5. The first-order chi connectivity index (χ1) is 13.7. The van der Waals surface area contributed by atoms with Crippen LogP contribution in [0.2, 0.25) is 0 Å². The fourth-order valence-electron chi connectivity index (χ4n) is 2.19. The molecule has 0 unspecified atom stereocenters. The number of thiocarbonyl (C=S) groups is 1. The predicted molar refractivity (Wildman–Crippen MR) is 116 cm³/mol. The van der Waals surface area contributed by atoms with Crippen LogP contribution in [0.5, 0.6) is 0 Å². The number of nitrogens with zero attached hydrogens (tertiary/aromatic N) is 1. The Labute approximate surface area is 173 Å². The van der Waals surface area contributed by atoms with Crippen molar-refractivity contribution in [2.24, 2.45) is 5.92 Å². The number of carbonyl (C=O) groups excluding carboxylic acids is 2. The molecule has 2 amide bonds. The van der Waals surface area contributed by atoms with Crippen molar-refractivity contribution < 1.29 is 14.5 Å². The molecule has 9 heteroatoms. The molecule has 29 heavy (non-hydrogen) atoms. The van der Waals surface area contributed by atoms with Crippen LogP contribution < -0.4 is 16.0 Å². The molecule has 0 aliphatic heterocycles. The molecule has 0 saturated heterocycles. The van der Waals surface area contributed by atoms with Crippen molar-refractivity contribution in [2.45, 2.75) is 13.8 Å². The van der Waals surface area contributed by atoms with Gasteiger partial charge in [-0.25, -0.2) is 0 Å². The van der Waals surface area contributed by atoms with Crippen LogP contribution in [-0.2, 0) is 9.59 Å². The molecule has 3 N–H and O–H groups in total. The molecule has 2 aromatic rings. The van der Waals surface area contributed by atoms with Crippen LogP contribution in [0.3, 0.4) is 0 Å². The summed E-state index contributed by atoms with van der Waals surface area (Å²) < 4.78 is 0. The molecule has 2 aromatic carbocycles. The lowest BCUT2D eigenvalue weighted by atomic mass is 10.2. The Morgan fingerprint density at radius 2 is 1.72 bits per heavy atom. The maximum atomic E-state index is 12.0. The lowest BCUT2D eigenvalue weighted by Gasteiger charge is -2.11. The van der Waals surface area contributed by atoms with E-state index in [2.05, 4.69) is 16.0 Å². The van der Waals surface area contributed by atoms with Crippen molar-refractivity contribution in [1.82, 2.24) is 5.32 Å². The fourth-order valence-corrected chi connectivity index (χ4v) is 2.41. The lowest BCUT2D eigenvalue weighted by molar-refractivity contribution is -0.384. The number of carbonyl (C=O) groups is 2. The average molecular weight is 412 g/mol. The normalized spacial score (nSPS) is 10.6. The standard InChI is InChI=1S/C20H20N4O4S/c1-13(2)19(26)21-15-6-4-7-16(12-15)22-20(29)23-18(25)10-9-14-5-3-8-17(11-14)24(27)28/h3-13H,1-2H3,(H,21,26)(H2,22,23,25,29). The first-order valence-electron chi connectivity index (χ1n) is 8.70. The second-order valence-corrected chi connectivity index (χ2v) is 6.76. The van der Waals surface area contributed by atoms with Gasteiger partial charge in [-0.3, -0.25) is 25.0 Å². The Morgan fingerprint density at radius 3 is 2.38 bits per heavy atom. The first kappa shape index (κ1) is 21.7. The number of nitro benzene ring substituents is 1. The second kappa shape index (κ2) is 10.1. The molecule has 150 valence electrons. The van der Waals surface area contributed by atoms with Gasteiger partial charge in [0.25, 0.3) is 5.69 Å². The van der Waals surface area contributed by atoms with Crippen LogP contribution in [-0.4, -0.2) is 21.9 Å². The third-order valence-electron chi connectivity index (χ3n) is 3.66. The molecule has 0 bridgehead atoms. The highest BCUT2D eigenvalue weighted by Gasteiger charge is 2.08. The minimum absolute atomic E-state index is 0.0609. The van der Waals surface area contributed by atoms with Gasteiger partial charge in [0.1, 0.15) is 0 Å². The quantitative estimate of drug-likeness (QED) is 0.288. The van der Waals surface area contributed by atoms with Gasteiger partial charge in [0, 0.05) is 35.5 Å². The van der Waals surface area contributed by atoms with E-state index >= 15 is 0 Å².